The zero-order valence-electron chi connectivity index (χ0n) is 11.5. The van der Waals surface area contributed by atoms with Crippen LogP contribution in [0.1, 0.15) is 16.7 Å². The molecule has 0 saturated heterocycles. The molecule has 2 aromatic rings. The van der Waals surface area contributed by atoms with Gasteiger partial charge in [-0.15, -0.1) is 0 Å². The van der Waals surface area contributed by atoms with Crippen molar-refractivity contribution < 1.29 is 4.74 Å². The summed E-state index contributed by atoms with van der Waals surface area (Å²) in [4.78, 5) is 0. The number of hydrogen-bond acceptors (Lipinski definition) is 2. The number of benzene rings is 2. The van der Waals surface area contributed by atoms with Crippen molar-refractivity contribution in [1.82, 2.24) is 5.32 Å². The van der Waals surface area contributed by atoms with Crippen molar-refractivity contribution in [2.45, 2.75) is 20.1 Å². The summed E-state index contributed by atoms with van der Waals surface area (Å²) in [5.41, 5.74) is 3.62. The number of aryl methyl sites for hydroxylation is 1. The van der Waals surface area contributed by atoms with Gasteiger partial charge in [0.25, 0.3) is 0 Å². The van der Waals surface area contributed by atoms with Crippen LogP contribution in [0.25, 0.3) is 0 Å². The SMILES string of the molecule is CNCc1cc(Br)c(OCc2cccc(C)c2)c(Br)c1. The number of nitrogens with one attached hydrogen (secondary N) is 1. The molecule has 0 saturated carbocycles. The normalized spacial score (nSPS) is 10.6. The van der Waals surface area contributed by atoms with Crippen molar-refractivity contribution in [3.05, 3.63) is 62.0 Å². The fourth-order valence-electron chi connectivity index (χ4n) is 2.01. The molecule has 0 fully saturated rings. The van der Waals surface area contributed by atoms with E-state index in [0.29, 0.717) is 6.61 Å². The molecular formula is C16H17Br2NO. The van der Waals surface area contributed by atoms with E-state index in [1.165, 1.54) is 16.7 Å². The van der Waals surface area contributed by atoms with Crippen molar-refractivity contribution in [1.29, 1.82) is 0 Å². The molecule has 4 heteroatoms. The van der Waals surface area contributed by atoms with E-state index < -0.39 is 0 Å². The van der Waals surface area contributed by atoms with Crippen molar-refractivity contribution in [3.8, 4) is 5.75 Å². The number of rotatable bonds is 5. The largest absolute Gasteiger partial charge is 0.487 e. The number of ether oxygens (including phenoxy) is 1. The molecule has 0 amide bonds. The summed E-state index contributed by atoms with van der Waals surface area (Å²) in [6, 6.07) is 12.5. The van der Waals surface area contributed by atoms with Crippen LogP contribution in [0.3, 0.4) is 0 Å². The molecule has 0 aromatic heterocycles. The quantitative estimate of drug-likeness (QED) is 0.779. The first-order valence-corrected chi connectivity index (χ1v) is 7.99. The van der Waals surface area contributed by atoms with Gasteiger partial charge in [-0.1, -0.05) is 29.8 Å². The van der Waals surface area contributed by atoms with Gasteiger partial charge in [0.05, 0.1) is 8.95 Å². The third kappa shape index (κ3) is 4.08. The standard InChI is InChI=1S/C16H17Br2NO/c1-11-4-3-5-12(6-11)10-20-16-14(17)7-13(9-19-2)8-15(16)18/h3-8,19H,9-10H2,1-2H3. The highest BCUT2D eigenvalue weighted by atomic mass is 79.9. The van der Waals surface area contributed by atoms with Gasteiger partial charge in [0.1, 0.15) is 12.4 Å². The second kappa shape index (κ2) is 7.25. The van der Waals surface area contributed by atoms with Gasteiger partial charge in [-0.05, 0) is 69.1 Å². The van der Waals surface area contributed by atoms with Gasteiger partial charge in [0.2, 0.25) is 0 Å². The van der Waals surface area contributed by atoms with Crippen LogP contribution in [-0.4, -0.2) is 7.05 Å². The molecule has 2 rings (SSSR count). The third-order valence-corrected chi connectivity index (χ3v) is 4.08. The molecule has 2 aromatic carbocycles. The summed E-state index contributed by atoms with van der Waals surface area (Å²) in [6.45, 7) is 3.47. The molecule has 0 heterocycles. The Bertz CT molecular complexity index is 576. The van der Waals surface area contributed by atoms with Crippen LogP contribution in [0.4, 0.5) is 0 Å². The Morgan fingerprint density at radius 2 is 1.75 bits per heavy atom. The van der Waals surface area contributed by atoms with Gasteiger partial charge in [0, 0.05) is 6.54 Å². The lowest BCUT2D eigenvalue weighted by molar-refractivity contribution is 0.302. The monoisotopic (exact) mass is 397 g/mol. The van der Waals surface area contributed by atoms with E-state index in [4.69, 9.17) is 4.74 Å². The highest BCUT2D eigenvalue weighted by Gasteiger charge is 2.09. The molecule has 1 N–H and O–H groups in total. The fourth-order valence-corrected chi connectivity index (χ4v) is 3.52. The molecule has 0 unspecified atom stereocenters. The van der Waals surface area contributed by atoms with Gasteiger partial charge in [-0.2, -0.15) is 0 Å². The molecule has 0 aliphatic heterocycles. The molecule has 0 atom stereocenters. The van der Waals surface area contributed by atoms with Crippen LogP contribution in [0, 0.1) is 6.92 Å². The van der Waals surface area contributed by atoms with Gasteiger partial charge in [0.15, 0.2) is 0 Å². The van der Waals surface area contributed by atoms with E-state index in [2.05, 4.69) is 74.4 Å². The van der Waals surface area contributed by atoms with E-state index >= 15 is 0 Å². The number of hydrogen-bond donors (Lipinski definition) is 1. The zero-order valence-corrected chi connectivity index (χ0v) is 14.7. The van der Waals surface area contributed by atoms with Crippen molar-refractivity contribution in [3.63, 3.8) is 0 Å². The van der Waals surface area contributed by atoms with Crippen molar-refractivity contribution >= 4 is 31.9 Å². The summed E-state index contributed by atoms with van der Waals surface area (Å²) in [7, 11) is 1.93. The van der Waals surface area contributed by atoms with Crippen molar-refractivity contribution in [2.24, 2.45) is 0 Å². The molecule has 0 aliphatic rings. The molecule has 106 valence electrons. The average Bonchev–Trinajstić information content (AvgIpc) is 2.38. The second-order valence-electron chi connectivity index (χ2n) is 4.70. The maximum absolute atomic E-state index is 5.93. The van der Waals surface area contributed by atoms with Crippen LogP contribution >= 0.6 is 31.9 Å². The molecule has 0 radical (unpaired) electrons. The Morgan fingerprint density at radius 1 is 1.05 bits per heavy atom. The summed E-state index contributed by atoms with van der Waals surface area (Å²) >= 11 is 7.15. The van der Waals surface area contributed by atoms with Crippen LogP contribution in [0.2, 0.25) is 0 Å². The Labute approximate surface area is 136 Å². The summed E-state index contributed by atoms with van der Waals surface area (Å²) in [5.74, 6) is 0.839. The minimum Gasteiger partial charge on any atom is -0.487 e. The Morgan fingerprint density at radius 3 is 2.35 bits per heavy atom. The lowest BCUT2D eigenvalue weighted by Crippen LogP contribution is -2.05. The lowest BCUT2D eigenvalue weighted by atomic mass is 10.1. The van der Waals surface area contributed by atoms with Crippen LogP contribution in [-0.2, 0) is 13.2 Å². The first-order chi connectivity index (χ1) is 9.60. The van der Waals surface area contributed by atoms with E-state index in [1.807, 2.05) is 13.1 Å². The highest BCUT2D eigenvalue weighted by molar-refractivity contribution is 9.11. The molecular weight excluding hydrogens is 382 g/mol. The summed E-state index contributed by atoms with van der Waals surface area (Å²) in [5, 5.41) is 3.14. The topological polar surface area (TPSA) is 21.3 Å². The highest BCUT2D eigenvalue weighted by Crippen LogP contribution is 2.35. The third-order valence-electron chi connectivity index (χ3n) is 2.90. The van der Waals surface area contributed by atoms with E-state index in [0.717, 1.165) is 21.2 Å². The lowest BCUT2D eigenvalue weighted by Gasteiger charge is -2.12. The van der Waals surface area contributed by atoms with Crippen LogP contribution in [0.15, 0.2) is 45.3 Å². The fraction of sp³-hybridized carbons (Fsp3) is 0.250. The zero-order chi connectivity index (χ0) is 14.5. The molecule has 0 bridgehead atoms. The van der Waals surface area contributed by atoms with Crippen molar-refractivity contribution in [2.75, 3.05) is 7.05 Å². The predicted molar refractivity (Wildman–Crippen MR) is 90.1 cm³/mol. The Hall–Kier alpha value is -0.840. The smallest absolute Gasteiger partial charge is 0.148 e. The Kier molecular flexibility index (Phi) is 5.64. The van der Waals surface area contributed by atoms with Gasteiger partial charge < -0.3 is 10.1 Å². The predicted octanol–water partition coefficient (Wildman–Crippen LogP) is 4.82. The number of halogens is 2. The minimum absolute atomic E-state index is 0.560. The molecule has 0 spiro atoms. The maximum atomic E-state index is 5.93. The first-order valence-electron chi connectivity index (χ1n) is 6.41. The first kappa shape index (κ1) is 15.5. The van der Waals surface area contributed by atoms with E-state index in [1.54, 1.807) is 0 Å². The molecule has 20 heavy (non-hydrogen) atoms. The van der Waals surface area contributed by atoms with E-state index in [-0.39, 0.29) is 0 Å². The molecule has 0 aliphatic carbocycles. The minimum atomic E-state index is 0.560. The van der Waals surface area contributed by atoms with E-state index in [9.17, 15) is 0 Å². The van der Waals surface area contributed by atoms with Gasteiger partial charge >= 0.3 is 0 Å². The summed E-state index contributed by atoms with van der Waals surface area (Å²) < 4.78 is 7.85. The average molecular weight is 399 g/mol. The van der Waals surface area contributed by atoms with Gasteiger partial charge in [-0.3, -0.25) is 0 Å². The second-order valence-corrected chi connectivity index (χ2v) is 6.41. The van der Waals surface area contributed by atoms with Crippen LogP contribution in [0.5, 0.6) is 5.75 Å². The maximum Gasteiger partial charge on any atom is 0.148 e. The van der Waals surface area contributed by atoms with Crippen LogP contribution < -0.4 is 10.1 Å². The summed E-state index contributed by atoms with van der Waals surface area (Å²) in [6.07, 6.45) is 0. The van der Waals surface area contributed by atoms with Gasteiger partial charge in [-0.25, -0.2) is 0 Å². The molecule has 2 nitrogen and oxygen atoms in total. The Balaban J connectivity index is 2.13.